The number of rotatable bonds is 5. The topological polar surface area (TPSA) is 59.7 Å². The highest BCUT2D eigenvalue weighted by Gasteiger charge is 2.16. The third-order valence-electron chi connectivity index (χ3n) is 3.79. The average Bonchev–Trinajstić information content (AvgIpc) is 2.51. The van der Waals surface area contributed by atoms with Crippen molar-refractivity contribution in [1.29, 1.82) is 0 Å². The Kier molecular flexibility index (Phi) is 5.50. The molecule has 0 unspecified atom stereocenters. The zero-order valence-corrected chi connectivity index (χ0v) is 14.9. The second kappa shape index (κ2) is 7.39. The fourth-order valence-corrected chi connectivity index (χ4v) is 2.45. The van der Waals surface area contributed by atoms with E-state index in [-0.39, 0.29) is 11.4 Å². The summed E-state index contributed by atoms with van der Waals surface area (Å²) in [5, 5.41) is 11.2. The number of phenolic OH excluding ortho intramolecular Hbond substituents is 1. The number of benzene rings is 1. The zero-order chi connectivity index (χ0) is 17.9. The van der Waals surface area contributed by atoms with Crippen molar-refractivity contribution in [3.8, 4) is 11.5 Å². The van der Waals surface area contributed by atoms with Crippen molar-refractivity contribution < 1.29 is 14.3 Å². The fraction of sp³-hybridized carbons (Fsp3) is 0.350. The first-order valence-corrected chi connectivity index (χ1v) is 7.95. The summed E-state index contributed by atoms with van der Waals surface area (Å²) >= 11 is 0. The maximum atomic E-state index is 12.3. The maximum absolute atomic E-state index is 12.3. The van der Waals surface area contributed by atoms with Gasteiger partial charge in [0.05, 0.1) is 7.11 Å². The van der Waals surface area contributed by atoms with Gasteiger partial charge < -0.3 is 14.3 Å². The second-order valence-electron chi connectivity index (χ2n) is 6.35. The van der Waals surface area contributed by atoms with Crippen LogP contribution >= 0.6 is 0 Å². The summed E-state index contributed by atoms with van der Waals surface area (Å²) in [6, 6.07) is 3.51. The van der Waals surface area contributed by atoms with Gasteiger partial charge in [0.1, 0.15) is 5.58 Å². The van der Waals surface area contributed by atoms with Gasteiger partial charge in [0.2, 0.25) is 0 Å². The van der Waals surface area contributed by atoms with Crippen LogP contribution in [0.5, 0.6) is 11.5 Å². The standard InChI is InChI=1S/C20H24O4/c1-12(2)6-8-14-10-15-11-17(23-5)18(21)16(9-7-13(3)4)19(15)24-20(14)22/h6-7,10-11,21H,8-9H2,1-5H3. The van der Waals surface area contributed by atoms with E-state index in [2.05, 4.69) is 0 Å². The Labute approximate surface area is 142 Å². The van der Waals surface area contributed by atoms with E-state index in [1.54, 1.807) is 6.07 Å². The normalized spacial score (nSPS) is 10.5. The van der Waals surface area contributed by atoms with Gasteiger partial charge in [-0.05, 0) is 52.7 Å². The Morgan fingerprint density at radius 2 is 1.75 bits per heavy atom. The highest BCUT2D eigenvalue weighted by atomic mass is 16.5. The molecule has 4 heteroatoms. The lowest BCUT2D eigenvalue weighted by Crippen LogP contribution is -2.07. The SMILES string of the molecule is COc1cc2cc(CC=C(C)C)c(=O)oc2c(CC=C(C)C)c1O. The first-order valence-electron chi connectivity index (χ1n) is 7.95. The summed E-state index contributed by atoms with van der Waals surface area (Å²) in [4.78, 5) is 12.3. The van der Waals surface area contributed by atoms with Crippen LogP contribution in [0.1, 0.15) is 38.8 Å². The van der Waals surface area contributed by atoms with E-state index < -0.39 is 0 Å². The molecule has 0 saturated heterocycles. The molecule has 0 amide bonds. The van der Waals surface area contributed by atoms with Crippen LogP contribution in [-0.2, 0) is 12.8 Å². The molecule has 0 bridgehead atoms. The highest BCUT2D eigenvalue weighted by molar-refractivity contribution is 5.85. The van der Waals surface area contributed by atoms with Crippen molar-refractivity contribution >= 4 is 11.0 Å². The van der Waals surface area contributed by atoms with Crippen molar-refractivity contribution in [2.24, 2.45) is 0 Å². The van der Waals surface area contributed by atoms with Gasteiger partial charge in [0.25, 0.3) is 0 Å². The van der Waals surface area contributed by atoms with E-state index in [0.29, 0.717) is 35.3 Å². The summed E-state index contributed by atoms with van der Waals surface area (Å²) in [5.41, 5.74) is 3.45. The first kappa shape index (κ1) is 17.9. The Morgan fingerprint density at radius 3 is 2.33 bits per heavy atom. The number of phenols is 1. The minimum atomic E-state index is -0.372. The van der Waals surface area contributed by atoms with Crippen LogP contribution < -0.4 is 10.4 Å². The zero-order valence-electron chi connectivity index (χ0n) is 14.9. The monoisotopic (exact) mass is 328 g/mol. The predicted molar refractivity (Wildman–Crippen MR) is 97.0 cm³/mol. The van der Waals surface area contributed by atoms with Crippen LogP contribution in [0.3, 0.4) is 0 Å². The summed E-state index contributed by atoms with van der Waals surface area (Å²) in [7, 11) is 1.51. The second-order valence-corrected chi connectivity index (χ2v) is 6.35. The molecule has 2 aromatic rings. The molecule has 4 nitrogen and oxygen atoms in total. The molecular weight excluding hydrogens is 304 g/mol. The van der Waals surface area contributed by atoms with Gasteiger partial charge in [0, 0.05) is 16.5 Å². The number of methoxy groups -OCH3 is 1. The number of ether oxygens (including phenoxy) is 1. The van der Waals surface area contributed by atoms with E-state index >= 15 is 0 Å². The summed E-state index contributed by atoms with van der Waals surface area (Å²) in [6.45, 7) is 7.93. The van der Waals surface area contributed by atoms with Crippen LogP contribution in [0.4, 0.5) is 0 Å². The lowest BCUT2D eigenvalue weighted by Gasteiger charge is -2.11. The van der Waals surface area contributed by atoms with Crippen molar-refractivity contribution in [2.75, 3.05) is 7.11 Å². The van der Waals surface area contributed by atoms with Crippen LogP contribution in [0, 0.1) is 0 Å². The van der Waals surface area contributed by atoms with Crippen molar-refractivity contribution in [3.05, 3.63) is 57.0 Å². The van der Waals surface area contributed by atoms with E-state index in [1.165, 1.54) is 7.11 Å². The van der Waals surface area contributed by atoms with Crippen molar-refractivity contribution in [1.82, 2.24) is 0 Å². The van der Waals surface area contributed by atoms with Crippen LogP contribution in [0.25, 0.3) is 11.0 Å². The molecule has 128 valence electrons. The van der Waals surface area contributed by atoms with Crippen LogP contribution in [0.2, 0.25) is 0 Å². The number of hydrogen-bond acceptors (Lipinski definition) is 4. The average molecular weight is 328 g/mol. The smallest absolute Gasteiger partial charge is 0.339 e. The molecule has 1 aromatic carbocycles. The van der Waals surface area contributed by atoms with Gasteiger partial charge in [-0.2, -0.15) is 0 Å². The summed E-state index contributed by atoms with van der Waals surface area (Å²) in [5.74, 6) is 0.393. The molecule has 0 aliphatic heterocycles. The third-order valence-corrected chi connectivity index (χ3v) is 3.79. The fourth-order valence-electron chi connectivity index (χ4n) is 2.45. The number of fused-ring (bicyclic) bond motifs is 1. The Hall–Kier alpha value is -2.49. The molecule has 0 spiro atoms. The molecule has 1 N–H and O–H groups in total. The van der Waals surface area contributed by atoms with Gasteiger partial charge >= 0.3 is 5.63 Å². The van der Waals surface area contributed by atoms with Gasteiger partial charge in [0.15, 0.2) is 11.5 Å². The van der Waals surface area contributed by atoms with E-state index in [0.717, 1.165) is 16.5 Å². The Balaban J connectivity index is 2.69. The summed E-state index contributed by atoms with van der Waals surface area (Å²) in [6.07, 6.45) is 4.95. The largest absolute Gasteiger partial charge is 0.504 e. The lowest BCUT2D eigenvalue weighted by molar-refractivity contribution is 0.371. The quantitative estimate of drug-likeness (QED) is 0.647. The van der Waals surface area contributed by atoms with E-state index in [9.17, 15) is 9.90 Å². The molecule has 0 saturated carbocycles. The lowest BCUT2D eigenvalue weighted by atomic mass is 10.0. The van der Waals surface area contributed by atoms with Gasteiger partial charge in [-0.25, -0.2) is 4.79 Å². The maximum Gasteiger partial charge on any atom is 0.339 e. The molecule has 1 aromatic heterocycles. The molecule has 2 rings (SSSR count). The molecule has 0 fully saturated rings. The molecule has 0 aliphatic carbocycles. The first-order chi connectivity index (χ1) is 11.3. The van der Waals surface area contributed by atoms with Crippen molar-refractivity contribution in [3.63, 3.8) is 0 Å². The van der Waals surface area contributed by atoms with Crippen LogP contribution in [-0.4, -0.2) is 12.2 Å². The number of allylic oxidation sites excluding steroid dienone is 4. The highest BCUT2D eigenvalue weighted by Crippen LogP contribution is 2.37. The molecule has 1 heterocycles. The van der Waals surface area contributed by atoms with E-state index in [4.69, 9.17) is 9.15 Å². The molecular formula is C20H24O4. The molecule has 24 heavy (non-hydrogen) atoms. The van der Waals surface area contributed by atoms with Crippen molar-refractivity contribution in [2.45, 2.75) is 40.5 Å². The minimum Gasteiger partial charge on any atom is -0.504 e. The number of aromatic hydroxyl groups is 1. The van der Waals surface area contributed by atoms with Gasteiger partial charge in [-0.15, -0.1) is 0 Å². The van der Waals surface area contributed by atoms with E-state index in [1.807, 2.05) is 45.9 Å². The number of hydrogen-bond donors (Lipinski definition) is 1. The molecule has 0 aliphatic rings. The summed E-state index contributed by atoms with van der Waals surface area (Å²) < 4.78 is 10.8. The predicted octanol–water partition coefficient (Wildman–Crippen LogP) is 4.52. The third kappa shape index (κ3) is 3.88. The molecule has 0 radical (unpaired) electrons. The Bertz CT molecular complexity index is 861. The van der Waals surface area contributed by atoms with Crippen LogP contribution in [0.15, 0.2) is 44.6 Å². The van der Waals surface area contributed by atoms with Gasteiger partial charge in [-0.3, -0.25) is 0 Å². The Morgan fingerprint density at radius 1 is 1.12 bits per heavy atom. The minimum absolute atomic E-state index is 0.0164. The van der Waals surface area contributed by atoms with Gasteiger partial charge in [-0.1, -0.05) is 23.3 Å². The molecule has 0 atom stereocenters.